The van der Waals surface area contributed by atoms with Gasteiger partial charge in [0.05, 0.1) is 28.0 Å². The molecule has 1 N–H and O–H groups in total. The molecular formula is C46H37BrCl2F2N2. The van der Waals surface area contributed by atoms with Gasteiger partial charge in [0.25, 0.3) is 0 Å². The molecule has 0 amide bonds. The quantitative estimate of drug-likeness (QED) is 0.164. The zero-order chi connectivity index (χ0) is 37.2. The van der Waals surface area contributed by atoms with Crippen molar-refractivity contribution in [2.45, 2.75) is 50.5 Å². The Labute approximate surface area is 327 Å². The fourth-order valence-electron chi connectivity index (χ4n) is 8.81. The molecule has 1 aliphatic heterocycles. The van der Waals surface area contributed by atoms with E-state index in [1.165, 1.54) is 56.6 Å². The molecule has 0 fully saturated rings. The number of aromatic nitrogens is 1. The third-order valence-electron chi connectivity index (χ3n) is 11.1. The van der Waals surface area contributed by atoms with Crippen LogP contribution in [-0.4, -0.2) is 4.57 Å². The molecule has 53 heavy (non-hydrogen) atoms. The van der Waals surface area contributed by atoms with Crippen LogP contribution < -0.4 is 5.32 Å². The summed E-state index contributed by atoms with van der Waals surface area (Å²) < 4.78 is 29.3. The molecule has 2 aliphatic carbocycles. The summed E-state index contributed by atoms with van der Waals surface area (Å²) >= 11 is 14.9. The Kier molecular flexibility index (Phi) is 9.04. The molecule has 2 heterocycles. The van der Waals surface area contributed by atoms with E-state index in [9.17, 15) is 8.78 Å². The summed E-state index contributed by atoms with van der Waals surface area (Å²) in [5.41, 5.74) is 12.4. The topological polar surface area (TPSA) is 17.0 Å². The third-order valence-corrected chi connectivity index (χ3v) is 12.8. The number of hydrogen-bond acceptors (Lipinski definition) is 1. The Bertz CT molecular complexity index is 2520. The van der Waals surface area contributed by atoms with Crippen LogP contribution in [0.2, 0.25) is 10.0 Å². The van der Waals surface area contributed by atoms with Crippen molar-refractivity contribution in [2.24, 2.45) is 0 Å². The number of anilines is 1. The number of benzene rings is 6. The number of para-hydroxylation sites is 2. The number of fused-ring (bicyclic) bond motifs is 10. The van der Waals surface area contributed by atoms with Gasteiger partial charge in [-0.2, -0.15) is 0 Å². The molecule has 0 radical (unpaired) electrons. The van der Waals surface area contributed by atoms with Crippen molar-refractivity contribution in [1.29, 1.82) is 0 Å². The molecule has 7 heteroatoms. The van der Waals surface area contributed by atoms with Crippen LogP contribution in [0.5, 0.6) is 0 Å². The molecule has 3 aliphatic rings. The smallest absolute Gasteiger partial charge is 0.143 e. The molecule has 266 valence electrons. The van der Waals surface area contributed by atoms with Crippen molar-refractivity contribution in [3.8, 4) is 16.9 Å². The van der Waals surface area contributed by atoms with Crippen LogP contribution in [0.15, 0.2) is 138 Å². The Morgan fingerprint density at radius 2 is 1.25 bits per heavy atom. The molecule has 1 aromatic heterocycles. The van der Waals surface area contributed by atoms with E-state index in [1.54, 1.807) is 18.2 Å². The molecule has 0 saturated carbocycles. The van der Waals surface area contributed by atoms with Crippen LogP contribution in [0.25, 0.3) is 27.8 Å². The van der Waals surface area contributed by atoms with Crippen molar-refractivity contribution in [2.75, 3.05) is 5.32 Å². The summed E-state index contributed by atoms with van der Waals surface area (Å²) in [6.07, 6.45) is 0. The summed E-state index contributed by atoms with van der Waals surface area (Å²) in [4.78, 5) is 0. The zero-order valence-corrected chi connectivity index (χ0v) is 32.8. The molecule has 2 atom stereocenters. The highest BCUT2D eigenvalue weighted by Crippen LogP contribution is 2.60. The first kappa shape index (κ1) is 35.6. The summed E-state index contributed by atoms with van der Waals surface area (Å²) in [5.74, 6) is -0.238. The number of nitrogens with one attached hydrogen (secondary N) is 1. The summed E-state index contributed by atoms with van der Waals surface area (Å²) in [6.45, 7) is 9.25. The first-order valence-corrected chi connectivity index (χ1v) is 19.2. The molecular weight excluding hydrogens is 769 g/mol. The first-order valence-electron chi connectivity index (χ1n) is 17.7. The Balaban J connectivity index is 0.000000128. The molecule has 7 aromatic rings. The fourth-order valence-corrected chi connectivity index (χ4v) is 9.48. The van der Waals surface area contributed by atoms with Crippen LogP contribution in [0.4, 0.5) is 14.5 Å². The lowest BCUT2D eigenvalue weighted by Crippen LogP contribution is -2.22. The molecule has 0 bridgehead atoms. The van der Waals surface area contributed by atoms with E-state index >= 15 is 0 Å². The lowest BCUT2D eigenvalue weighted by molar-refractivity contribution is 0.431. The van der Waals surface area contributed by atoms with E-state index in [-0.39, 0.29) is 20.9 Å². The van der Waals surface area contributed by atoms with E-state index in [0.29, 0.717) is 22.1 Å². The lowest BCUT2D eigenvalue weighted by atomic mass is 9.75. The second-order valence-corrected chi connectivity index (χ2v) is 16.5. The molecule has 0 saturated heterocycles. The molecule has 6 aromatic carbocycles. The van der Waals surface area contributed by atoms with E-state index in [0.717, 1.165) is 11.2 Å². The Morgan fingerprint density at radius 3 is 1.98 bits per heavy atom. The molecule has 0 spiro atoms. The largest absolute Gasteiger partial charge is 0.377 e. The average Bonchev–Trinajstić information content (AvgIpc) is 3.85. The van der Waals surface area contributed by atoms with Gasteiger partial charge in [0.1, 0.15) is 16.7 Å². The average molecular weight is 807 g/mol. The molecule has 2 unspecified atom stereocenters. The minimum absolute atomic E-state index is 0.128. The minimum Gasteiger partial charge on any atom is -0.377 e. The maximum atomic E-state index is 14.2. The van der Waals surface area contributed by atoms with Crippen LogP contribution >= 0.6 is 39.1 Å². The van der Waals surface area contributed by atoms with Crippen LogP contribution in [-0.2, 0) is 10.8 Å². The standard InChI is InChI=1S/C23H17ClFN.C17H17N.C6H3BrClF/c1-23(2)16-10-5-3-8-14(16)22-20(23)15-9-4-6-12-18(15)26(22)19-13-7-11-17(25)21(19)24;1-17(2)13-9-5-3-7-11(13)16-15(17)12-8-4-6-10-14(12)18-16;7-4-2-1-3-5(9)6(4)8/h3-13H,1-2H3;3-10,15-16,18H,1-2H3;1-3H. The maximum Gasteiger partial charge on any atom is 0.143 e. The van der Waals surface area contributed by atoms with Gasteiger partial charge in [-0.3, -0.25) is 0 Å². The molecule has 10 rings (SSSR count). The van der Waals surface area contributed by atoms with Crippen molar-refractivity contribution in [3.05, 3.63) is 187 Å². The van der Waals surface area contributed by atoms with Crippen molar-refractivity contribution in [3.63, 3.8) is 0 Å². The number of halogens is 5. The van der Waals surface area contributed by atoms with E-state index < -0.39 is 11.6 Å². The summed E-state index contributed by atoms with van der Waals surface area (Å²) in [7, 11) is 0. The van der Waals surface area contributed by atoms with Crippen LogP contribution in [0, 0.1) is 11.6 Å². The number of nitrogens with zero attached hydrogens (tertiary/aromatic N) is 1. The third kappa shape index (κ3) is 5.71. The molecule has 2 nitrogen and oxygen atoms in total. The fraction of sp³-hybridized carbons (Fsp3) is 0.174. The number of hydrogen-bond donors (Lipinski definition) is 1. The van der Waals surface area contributed by atoms with Crippen LogP contribution in [0.3, 0.4) is 0 Å². The van der Waals surface area contributed by atoms with Gasteiger partial charge in [-0.15, -0.1) is 0 Å². The van der Waals surface area contributed by atoms with E-state index in [2.05, 4.69) is 145 Å². The van der Waals surface area contributed by atoms with Gasteiger partial charge in [0.2, 0.25) is 0 Å². The monoisotopic (exact) mass is 804 g/mol. The predicted molar refractivity (Wildman–Crippen MR) is 220 cm³/mol. The lowest BCUT2D eigenvalue weighted by Gasteiger charge is -2.27. The minimum atomic E-state index is -0.402. The Hall–Kier alpha value is -4.42. The summed E-state index contributed by atoms with van der Waals surface area (Å²) in [5, 5.41) is 5.18. The zero-order valence-electron chi connectivity index (χ0n) is 29.7. The van der Waals surface area contributed by atoms with Gasteiger partial charge >= 0.3 is 0 Å². The van der Waals surface area contributed by atoms with Crippen LogP contribution in [0.1, 0.15) is 67.5 Å². The normalized spacial score (nSPS) is 17.6. The summed E-state index contributed by atoms with van der Waals surface area (Å²) in [6, 6.07) is 44.4. The second kappa shape index (κ2) is 13.5. The Morgan fingerprint density at radius 1 is 0.642 bits per heavy atom. The van der Waals surface area contributed by atoms with Gasteiger partial charge in [-0.25, -0.2) is 8.78 Å². The van der Waals surface area contributed by atoms with Gasteiger partial charge in [0.15, 0.2) is 0 Å². The SMILES string of the molecule is CC1(C)c2ccccc2-c2c1c1ccccc1n2-c1cccc(F)c1Cl.CC1(C)c2ccccc2C2Nc3ccccc3C21.Fc1cccc(Br)c1Cl. The van der Waals surface area contributed by atoms with Gasteiger partial charge in [0, 0.05) is 32.4 Å². The first-order chi connectivity index (χ1) is 25.4. The van der Waals surface area contributed by atoms with Crippen molar-refractivity contribution >= 4 is 55.7 Å². The van der Waals surface area contributed by atoms with Gasteiger partial charge < -0.3 is 9.88 Å². The van der Waals surface area contributed by atoms with Gasteiger partial charge in [-0.05, 0) is 85.6 Å². The maximum absolute atomic E-state index is 14.2. The van der Waals surface area contributed by atoms with Crippen molar-refractivity contribution < 1.29 is 8.78 Å². The van der Waals surface area contributed by atoms with E-state index in [1.807, 2.05) is 12.1 Å². The van der Waals surface area contributed by atoms with Gasteiger partial charge in [-0.1, -0.05) is 148 Å². The second-order valence-electron chi connectivity index (χ2n) is 14.9. The highest BCUT2D eigenvalue weighted by molar-refractivity contribution is 9.10. The number of rotatable bonds is 1. The van der Waals surface area contributed by atoms with Crippen molar-refractivity contribution in [1.82, 2.24) is 4.57 Å². The predicted octanol–water partition coefficient (Wildman–Crippen LogP) is 14.2. The van der Waals surface area contributed by atoms with E-state index in [4.69, 9.17) is 23.2 Å². The highest BCUT2D eigenvalue weighted by Gasteiger charge is 2.50. The highest BCUT2D eigenvalue weighted by atomic mass is 79.9.